The average molecular weight is 375 g/mol. The Labute approximate surface area is 147 Å². The van der Waals surface area contributed by atoms with Gasteiger partial charge in [0.1, 0.15) is 11.8 Å². The predicted molar refractivity (Wildman–Crippen MR) is 91.8 cm³/mol. The number of hydrazone groups is 1. The molecule has 1 aliphatic rings. The Morgan fingerprint density at radius 1 is 1.24 bits per heavy atom. The van der Waals surface area contributed by atoms with Crippen molar-refractivity contribution in [2.75, 3.05) is 5.75 Å². The van der Waals surface area contributed by atoms with E-state index in [-0.39, 0.29) is 24.5 Å². The Balaban J connectivity index is 2.84. The van der Waals surface area contributed by atoms with E-state index in [4.69, 9.17) is 0 Å². The third-order valence-corrected chi connectivity index (χ3v) is 6.18. The quantitative estimate of drug-likeness (QED) is 0.498. The lowest BCUT2D eigenvalue weighted by Gasteiger charge is -2.21. The lowest BCUT2D eigenvalue weighted by Crippen LogP contribution is -2.49. The van der Waals surface area contributed by atoms with Crippen LogP contribution < -0.4 is 10.7 Å². The van der Waals surface area contributed by atoms with Gasteiger partial charge in [-0.05, 0) is 12.8 Å². The number of sulfone groups is 1. The number of amides is 2. The van der Waals surface area contributed by atoms with Crippen LogP contribution in [0.25, 0.3) is 0 Å². The van der Waals surface area contributed by atoms with Crippen molar-refractivity contribution >= 4 is 33.3 Å². The molecular formula is C15H25N3O6S. The van der Waals surface area contributed by atoms with E-state index in [1.54, 1.807) is 0 Å². The molecule has 1 rings (SSSR count). The summed E-state index contributed by atoms with van der Waals surface area (Å²) in [6, 6.07) is -1.56. The average Bonchev–Trinajstić information content (AvgIpc) is 2.54. The summed E-state index contributed by atoms with van der Waals surface area (Å²) in [5, 5.41) is 14.4. The summed E-state index contributed by atoms with van der Waals surface area (Å²) in [6.45, 7) is 3.73. The summed E-state index contributed by atoms with van der Waals surface area (Å²) in [5.41, 5.74) is 2.11. The van der Waals surface area contributed by atoms with Gasteiger partial charge in [-0.1, -0.05) is 26.7 Å². The van der Waals surface area contributed by atoms with Crippen molar-refractivity contribution in [2.45, 2.75) is 63.7 Å². The second-order valence-electron chi connectivity index (χ2n) is 5.99. The highest BCUT2D eigenvalue weighted by Gasteiger charge is 2.33. The Hall–Kier alpha value is -1.97. The molecule has 0 aromatic heterocycles. The number of hydrogen-bond donors (Lipinski definition) is 3. The van der Waals surface area contributed by atoms with Crippen LogP contribution in [0.15, 0.2) is 5.10 Å². The smallest absolute Gasteiger partial charge is 0.327 e. The number of nitrogens with zero attached hydrogens (tertiary/aromatic N) is 1. The second-order valence-corrected chi connectivity index (χ2v) is 8.31. The fourth-order valence-electron chi connectivity index (χ4n) is 2.57. The van der Waals surface area contributed by atoms with Gasteiger partial charge in [-0.25, -0.2) is 18.6 Å². The minimum atomic E-state index is -3.68. The Morgan fingerprint density at radius 2 is 1.84 bits per heavy atom. The van der Waals surface area contributed by atoms with E-state index in [2.05, 4.69) is 15.8 Å². The molecule has 10 heteroatoms. The van der Waals surface area contributed by atoms with Crippen LogP contribution >= 0.6 is 0 Å². The van der Waals surface area contributed by atoms with Gasteiger partial charge in [0.2, 0.25) is 5.91 Å². The van der Waals surface area contributed by atoms with Gasteiger partial charge in [-0.2, -0.15) is 5.10 Å². The van der Waals surface area contributed by atoms with Crippen molar-refractivity contribution in [2.24, 2.45) is 5.10 Å². The lowest BCUT2D eigenvalue weighted by molar-refractivity contribution is -0.140. The van der Waals surface area contributed by atoms with Crippen LogP contribution in [-0.4, -0.2) is 54.1 Å². The summed E-state index contributed by atoms with van der Waals surface area (Å²) in [4.78, 5) is 34.5. The summed E-state index contributed by atoms with van der Waals surface area (Å²) in [5.74, 6) is -3.22. The van der Waals surface area contributed by atoms with Crippen molar-refractivity contribution in [1.29, 1.82) is 0 Å². The van der Waals surface area contributed by atoms with Crippen molar-refractivity contribution in [3.05, 3.63) is 0 Å². The van der Waals surface area contributed by atoms with E-state index in [0.29, 0.717) is 25.7 Å². The normalized spacial score (nSPS) is 16.1. The zero-order chi connectivity index (χ0) is 19.0. The third kappa shape index (κ3) is 6.45. The number of carboxylic acids is 1. The highest BCUT2D eigenvalue weighted by molar-refractivity contribution is 7.92. The van der Waals surface area contributed by atoms with E-state index in [0.717, 1.165) is 0 Å². The van der Waals surface area contributed by atoms with Crippen LogP contribution in [0.5, 0.6) is 0 Å². The van der Waals surface area contributed by atoms with E-state index in [9.17, 15) is 27.9 Å². The third-order valence-electron chi connectivity index (χ3n) is 3.90. The minimum Gasteiger partial charge on any atom is -0.480 e. The van der Waals surface area contributed by atoms with Gasteiger partial charge in [0.15, 0.2) is 9.84 Å². The summed E-state index contributed by atoms with van der Waals surface area (Å²) >= 11 is 0. The highest BCUT2D eigenvalue weighted by Crippen LogP contribution is 2.17. The Morgan fingerprint density at radius 3 is 2.28 bits per heavy atom. The zero-order valence-corrected chi connectivity index (χ0v) is 15.3. The summed E-state index contributed by atoms with van der Waals surface area (Å²) < 4.78 is 25.0. The van der Waals surface area contributed by atoms with Crippen molar-refractivity contribution in [1.82, 2.24) is 10.7 Å². The first-order valence-corrected chi connectivity index (χ1v) is 10.0. The molecular weight excluding hydrogens is 350 g/mol. The number of nitrogens with one attached hydrogen (secondary N) is 2. The molecule has 0 aromatic carbocycles. The topological polar surface area (TPSA) is 142 Å². The van der Waals surface area contributed by atoms with Crippen LogP contribution in [-0.2, 0) is 24.2 Å². The second kappa shape index (κ2) is 9.50. The Bertz CT molecular complexity index is 638. The zero-order valence-electron chi connectivity index (χ0n) is 14.4. The molecule has 0 aliphatic carbocycles. The lowest BCUT2D eigenvalue weighted by atomic mass is 10.1. The molecule has 0 aromatic rings. The number of aliphatic carboxylic acids is 1. The van der Waals surface area contributed by atoms with Crippen LogP contribution in [0, 0.1) is 0 Å². The fourth-order valence-corrected chi connectivity index (χ4v) is 4.72. The molecule has 25 heavy (non-hydrogen) atoms. The number of rotatable bonds is 10. The number of carboxylic acid groups (broad SMARTS) is 1. The number of hydrogen-bond acceptors (Lipinski definition) is 6. The van der Waals surface area contributed by atoms with Gasteiger partial charge in [-0.15, -0.1) is 0 Å². The molecule has 142 valence electrons. The van der Waals surface area contributed by atoms with E-state index < -0.39 is 38.8 Å². The molecule has 0 bridgehead atoms. The molecule has 1 heterocycles. The largest absolute Gasteiger partial charge is 0.480 e. The SMILES string of the molecule is CCCC(CCC)S(=O)(=O)CC(NC(=O)C1=NNC(=O)CC1)C(=O)O. The summed E-state index contributed by atoms with van der Waals surface area (Å²) in [6.07, 6.45) is 2.39. The molecule has 9 nitrogen and oxygen atoms in total. The van der Waals surface area contributed by atoms with E-state index in [1.807, 2.05) is 13.8 Å². The molecule has 1 aliphatic heterocycles. The molecule has 0 radical (unpaired) electrons. The van der Waals surface area contributed by atoms with E-state index >= 15 is 0 Å². The first kappa shape index (κ1) is 21.1. The van der Waals surface area contributed by atoms with Crippen LogP contribution in [0.2, 0.25) is 0 Å². The maximum atomic E-state index is 12.5. The van der Waals surface area contributed by atoms with Crippen LogP contribution in [0.1, 0.15) is 52.4 Å². The standard InChI is InChI=1S/C15H25N3O6S/c1-3-5-10(6-4-2)25(23,24)9-12(15(21)22)16-14(20)11-7-8-13(19)18-17-11/h10,12H,3-9H2,1-2H3,(H,16,20)(H,18,19)(H,21,22). The molecule has 1 unspecified atom stereocenters. The minimum absolute atomic E-state index is 0.0260. The van der Waals surface area contributed by atoms with Gasteiger partial charge < -0.3 is 10.4 Å². The van der Waals surface area contributed by atoms with Crippen molar-refractivity contribution < 1.29 is 27.9 Å². The molecule has 0 saturated heterocycles. The number of carbonyl (C=O) groups is 3. The molecule has 0 saturated carbocycles. The van der Waals surface area contributed by atoms with Gasteiger partial charge in [0, 0.05) is 12.8 Å². The number of carbonyl (C=O) groups excluding carboxylic acids is 2. The van der Waals surface area contributed by atoms with Gasteiger partial charge in [-0.3, -0.25) is 9.59 Å². The first-order chi connectivity index (χ1) is 11.7. The maximum Gasteiger partial charge on any atom is 0.327 e. The monoisotopic (exact) mass is 375 g/mol. The van der Waals surface area contributed by atoms with Crippen molar-refractivity contribution in [3.8, 4) is 0 Å². The van der Waals surface area contributed by atoms with Crippen LogP contribution in [0.4, 0.5) is 0 Å². The Kier molecular flexibility index (Phi) is 8.01. The fraction of sp³-hybridized carbons (Fsp3) is 0.733. The maximum absolute atomic E-state index is 12.5. The molecule has 3 N–H and O–H groups in total. The first-order valence-electron chi connectivity index (χ1n) is 8.31. The van der Waals surface area contributed by atoms with E-state index in [1.165, 1.54) is 0 Å². The van der Waals surface area contributed by atoms with Gasteiger partial charge in [0.25, 0.3) is 5.91 Å². The van der Waals surface area contributed by atoms with Gasteiger partial charge >= 0.3 is 5.97 Å². The molecule has 0 fully saturated rings. The molecule has 2 amide bonds. The van der Waals surface area contributed by atoms with Crippen molar-refractivity contribution in [3.63, 3.8) is 0 Å². The van der Waals surface area contributed by atoms with Crippen LogP contribution in [0.3, 0.4) is 0 Å². The molecule has 0 spiro atoms. The molecule has 1 atom stereocenters. The highest BCUT2D eigenvalue weighted by atomic mass is 32.2. The van der Waals surface area contributed by atoms with Gasteiger partial charge in [0.05, 0.1) is 11.0 Å². The predicted octanol–water partition coefficient (Wildman–Crippen LogP) is 0.205. The summed E-state index contributed by atoms with van der Waals surface area (Å²) in [7, 11) is -3.68.